The van der Waals surface area contributed by atoms with Crippen LogP contribution in [0, 0.1) is 10.1 Å². The van der Waals surface area contributed by atoms with Gasteiger partial charge in [0.05, 0.1) is 17.8 Å². The largest absolute Gasteiger partial charge is 1.00 e. The number of rotatable bonds is 35. The van der Waals surface area contributed by atoms with E-state index in [1.54, 1.807) is 12.4 Å². The number of aromatic amines is 2. The number of carbonyl (C=O) groups is 8. The van der Waals surface area contributed by atoms with Crippen molar-refractivity contribution in [3.63, 3.8) is 0 Å². The Morgan fingerprint density at radius 2 is 0.988 bits per heavy atom. The maximum Gasteiger partial charge on any atom is 1.00 e. The number of esters is 1. The number of H-pyrrole nitrogens is 2. The van der Waals surface area contributed by atoms with Crippen molar-refractivity contribution in [1.29, 1.82) is 0 Å². The van der Waals surface area contributed by atoms with E-state index in [1.165, 1.54) is 62.8 Å². The van der Waals surface area contributed by atoms with Crippen molar-refractivity contribution in [3.05, 3.63) is 112 Å². The number of carboxylic acid groups (broad SMARTS) is 1. The summed E-state index contributed by atoms with van der Waals surface area (Å²) in [7, 11) is 0. The van der Waals surface area contributed by atoms with Crippen molar-refractivity contribution in [2.45, 2.75) is 180 Å². The summed E-state index contributed by atoms with van der Waals surface area (Å²) in [6.45, 7) is 4.09. The van der Waals surface area contributed by atoms with Gasteiger partial charge in [0, 0.05) is 72.0 Å². The molecule has 21 nitrogen and oxygen atoms in total. The van der Waals surface area contributed by atoms with Crippen LogP contribution in [0.25, 0.3) is 21.8 Å². The van der Waals surface area contributed by atoms with Gasteiger partial charge in [-0.05, 0) is 53.8 Å². The summed E-state index contributed by atoms with van der Waals surface area (Å²) in [6.07, 6.45) is 18.2. The minimum atomic E-state index is -1.46. The van der Waals surface area contributed by atoms with Crippen LogP contribution in [0.2, 0.25) is 0 Å². The van der Waals surface area contributed by atoms with Crippen LogP contribution in [0.3, 0.4) is 0 Å². The Hall–Kier alpha value is -6.46. The third-order valence-corrected chi connectivity index (χ3v) is 13.1. The van der Waals surface area contributed by atoms with E-state index in [4.69, 9.17) is 16.2 Å². The number of benzene rings is 3. The molecule has 0 aliphatic carbocycles. The number of nitro benzene ring substituents is 1. The van der Waals surface area contributed by atoms with Gasteiger partial charge in [-0.15, -0.1) is 0 Å². The van der Waals surface area contributed by atoms with Gasteiger partial charge in [-0.2, -0.15) is 0 Å². The zero-order valence-electron chi connectivity index (χ0n) is 46.8. The number of hydrogen-bond acceptors (Lipinski definition) is 11. The van der Waals surface area contributed by atoms with E-state index in [0.717, 1.165) is 77.9 Å². The van der Waals surface area contributed by atoms with Crippen molar-refractivity contribution >= 4 is 74.9 Å². The zero-order chi connectivity index (χ0) is 56.8. The average molecular weight is 1140 g/mol. The number of unbranched alkanes of at least 4 members (excludes halogenated alkanes) is 12. The number of aromatic nitrogens is 2. The number of ether oxygens (including phenoxy) is 1. The number of hydrogen-bond donors (Lipinski definition) is 9. The van der Waals surface area contributed by atoms with Gasteiger partial charge in [-0.3, -0.25) is 38.9 Å². The number of nitrogens with one attached hydrogen (secondary N) is 6. The van der Waals surface area contributed by atoms with Gasteiger partial charge >= 0.3 is 63.3 Å². The smallest absolute Gasteiger partial charge is 1.00 e. The molecule has 0 saturated heterocycles. The molecular weight excluding hydrogens is 1050 g/mol. The third-order valence-electron chi connectivity index (χ3n) is 13.1. The summed E-state index contributed by atoms with van der Waals surface area (Å²) in [5.74, 6) is -5.85. The molecule has 4 atom stereocenters. The molecule has 0 fully saturated rings. The average Bonchev–Trinajstić information content (AvgIpc) is 4.03. The van der Waals surface area contributed by atoms with Crippen LogP contribution in [-0.2, 0) is 62.5 Å². The Morgan fingerprint density at radius 1 is 0.588 bits per heavy atom. The number of aliphatic carboxylic acids is 1. The van der Waals surface area contributed by atoms with Crippen molar-refractivity contribution < 1.29 is 106 Å². The molecule has 80 heavy (non-hydrogen) atoms. The van der Waals surface area contributed by atoms with Crippen LogP contribution in [0.1, 0.15) is 155 Å². The standard InChI is InChI=1S/C32H41N5O7.C25H36N4O5.CH4.K.H/c1-2-3-4-5-6-7-8-13-30(39)35-27(18-23-20-34-26-12-10-9-11-25(23)26)31(40)36-28(19-29(33)38)32(41)44-21-22-14-16-24(17-15-22)37(42)43;1-2-3-4-5-6-7-8-13-23(31)28-20(24(32)29-21(25(33)34)15-22(26)30)14-17-16-27-19-12-10-9-11-18(17)19;;;/h9-12,14-17,20,27-28,34H,2-8,13,18-19,21H2,1H3,(H2,33,38)(H,35,39)(H,36,40);9-12,16,20-21,27H,2-8,13-15H2,1H3,(H2,26,30)(H,28,31)(H,29,32)(H,33,34);1H4;;/q;;;+1;-1/t27-,28+;20-,21+;;;/m00.../s1. The number of amides is 6. The van der Waals surface area contributed by atoms with Crippen LogP contribution in [0.4, 0.5) is 5.69 Å². The number of nitrogens with zero attached hydrogens (tertiary/aromatic N) is 1. The molecule has 6 amide bonds. The fourth-order valence-corrected chi connectivity index (χ4v) is 8.79. The van der Waals surface area contributed by atoms with Gasteiger partial charge in [-0.1, -0.05) is 135 Å². The van der Waals surface area contributed by atoms with Crippen molar-refractivity contribution in [2.24, 2.45) is 11.5 Å². The monoisotopic (exact) mass is 1140 g/mol. The van der Waals surface area contributed by atoms with Gasteiger partial charge in [0.25, 0.3) is 5.69 Å². The summed E-state index contributed by atoms with van der Waals surface area (Å²) in [4.78, 5) is 116. The molecule has 22 heteroatoms. The van der Waals surface area contributed by atoms with Crippen molar-refractivity contribution in [1.82, 2.24) is 31.2 Å². The molecular formula is C58H82KN9O12. The Kier molecular flexibility index (Phi) is 33.3. The molecule has 0 unspecified atom stereocenters. The SMILES string of the molecule is C.CCCCCCCCCC(=O)N[C@@H](Cc1c[nH]c2ccccc12)C(=O)N[C@H](CC(N)=O)C(=O)O.CCCCCCCCCC(=O)N[C@@H](Cc1c[nH]c2ccccc12)C(=O)N[C@H](CC(N)=O)C(=O)OCc1ccc([N+](=O)[O-])cc1.[H-].[K+]. The number of non-ortho nitro benzene ring substituents is 1. The molecule has 2 heterocycles. The fraction of sp³-hybridized carbons (Fsp3) is 0.483. The zero-order valence-corrected chi connectivity index (χ0v) is 48.9. The van der Waals surface area contributed by atoms with Gasteiger partial charge in [-0.25, -0.2) is 9.59 Å². The summed E-state index contributed by atoms with van der Waals surface area (Å²) in [5.41, 5.74) is 14.2. The molecule has 5 aromatic rings. The second-order valence-electron chi connectivity index (χ2n) is 19.4. The molecule has 432 valence electrons. The van der Waals surface area contributed by atoms with Crippen LogP contribution in [0.5, 0.6) is 0 Å². The van der Waals surface area contributed by atoms with Gasteiger partial charge < -0.3 is 54.0 Å². The number of primary amides is 2. The summed E-state index contributed by atoms with van der Waals surface area (Å²) in [5, 5.41) is 32.5. The molecule has 0 saturated carbocycles. The van der Waals surface area contributed by atoms with Crippen molar-refractivity contribution in [2.75, 3.05) is 0 Å². The van der Waals surface area contributed by atoms with E-state index in [1.807, 2.05) is 48.5 Å². The van der Waals surface area contributed by atoms with E-state index in [-0.39, 0.29) is 110 Å². The Balaban J connectivity index is 0.000000805. The second kappa shape index (κ2) is 38.2. The van der Waals surface area contributed by atoms with Gasteiger partial charge in [0.15, 0.2) is 0 Å². The predicted molar refractivity (Wildman–Crippen MR) is 303 cm³/mol. The van der Waals surface area contributed by atoms with E-state index < -0.39 is 77.5 Å². The van der Waals surface area contributed by atoms with E-state index >= 15 is 0 Å². The first-order chi connectivity index (χ1) is 37.5. The van der Waals surface area contributed by atoms with E-state index in [2.05, 4.69) is 45.1 Å². The van der Waals surface area contributed by atoms with Crippen LogP contribution < -0.4 is 84.1 Å². The quantitative estimate of drug-likeness (QED) is 0.00862. The van der Waals surface area contributed by atoms with Gasteiger partial charge in [0.2, 0.25) is 35.4 Å². The van der Waals surface area contributed by atoms with Crippen LogP contribution >= 0.6 is 0 Å². The normalized spacial score (nSPS) is 12.2. The van der Waals surface area contributed by atoms with Crippen LogP contribution in [-0.4, -0.2) is 91.5 Å². The molecule has 2 aromatic heterocycles. The van der Waals surface area contributed by atoms with E-state index in [9.17, 15) is 53.6 Å². The predicted octanol–water partition coefficient (Wildman–Crippen LogP) is 4.88. The van der Waals surface area contributed by atoms with Crippen LogP contribution in [0.15, 0.2) is 85.2 Å². The number of fused-ring (bicyclic) bond motifs is 2. The Bertz CT molecular complexity index is 2770. The number of nitrogens with two attached hydrogens (primary N) is 2. The molecule has 0 aliphatic heterocycles. The molecule has 0 aliphatic rings. The summed E-state index contributed by atoms with van der Waals surface area (Å²) >= 11 is 0. The number of carboxylic acids is 1. The minimum Gasteiger partial charge on any atom is -1.00 e. The topological polar surface area (TPSA) is 341 Å². The first-order valence-electron chi connectivity index (χ1n) is 27.0. The Morgan fingerprint density at radius 3 is 1.40 bits per heavy atom. The second-order valence-corrected chi connectivity index (χ2v) is 19.4. The molecule has 5 rings (SSSR count). The summed E-state index contributed by atoms with van der Waals surface area (Å²) < 4.78 is 5.29. The first kappa shape index (κ1) is 69.6. The van der Waals surface area contributed by atoms with Gasteiger partial charge in [0.1, 0.15) is 30.8 Å². The molecule has 0 bridgehead atoms. The molecule has 11 N–H and O–H groups in total. The molecule has 0 radical (unpaired) electrons. The molecule has 3 aromatic carbocycles. The maximum absolute atomic E-state index is 13.5. The number of nitro groups is 1. The minimum absolute atomic E-state index is 0. The maximum atomic E-state index is 13.5. The third kappa shape index (κ3) is 25.3. The fourth-order valence-electron chi connectivity index (χ4n) is 8.79. The summed E-state index contributed by atoms with van der Waals surface area (Å²) in [6, 6.07) is 15.7. The molecule has 0 spiro atoms. The van der Waals surface area contributed by atoms with E-state index in [0.29, 0.717) is 12.0 Å². The Labute approximate surface area is 512 Å². The van der Waals surface area contributed by atoms with Crippen molar-refractivity contribution in [3.8, 4) is 0 Å². The number of para-hydroxylation sites is 2. The number of carbonyl (C=O) groups excluding carboxylic acids is 7. The first-order valence-corrected chi connectivity index (χ1v) is 27.0.